The molecule has 0 aromatic rings. The number of hydrogen-bond donors (Lipinski definition) is 0. The summed E-state index contributed by atoms with van der Waals surface area (Å²) in [6, 6.07) is 0. The Hall–Kier alpha value is -1.38. The van der Waals surface area contributed by atoms with Crippen LogP contribution >= 0.6 is 0 Å². The van der Waals surface area contributed by atoms with Gasteiger partial charge in [-0.2, -0.15) is 0 Å². The van der Waals surface area contributed by atoms with E-state index in [4.69, 9.17) is 28.0 Å². The second-order valence-corrected chi connectivity index (χ2v) is 1.67. The quantitative estimate of drug-likeness (QED) is 0.412. The van der Waals surface area contributed by atoms with Crippen LogP contribution in [0, 0.1) is 45.1 Å². The van der Waals surface area contributed by atoms with Crippen molar-refractivity contribution in [3.63, 3.8) is 0 Å². The summed E-state index contributed by atoms with van der Waals surface area (Å²) in [5, 5.41) is 0. The molecule has 0 aromatic carbocycles. The topological polar surface area (TPSA) is 109 Å². The first kappa shape index (κ1) is 36.0. The molecule has 0 amide bonds. The minimum atomic E-state index is 0.676. The summed E-state index contributed by atoms with van der Waals surface area (Å²) >= 11 is 2.70. The van der Waals surface area contributed by atoms with Crippen molar-refractivity contribution >= 4 is 4.57 Å². The number of ether oxygens (including phenoxy) is 1. The van der Waals surface area contributed by atoms with Crippen molar-refractivity contribution in [2.45, 2.75) is 13.8 Å². The molecule has 18 heavy (non-hydrogen) atoms. The summed E-state index contributed by atoms with van der Waals surface area (Å²) in [6.45, 7) is 26.9. The molecule has 0 atom stereocenters. The Morgan fingerprint density at radius 3 is 1.39 bits per heavy atom. The number of hydrogen-bond acceptors (Lipinski definition) is 1. The first-order valence-electron chi connectivity index (χ1n) is 3.42. The van der Waals surface area contributed by atoms with E-state index in [2.05, 4.69) is 60.9 Å². The van der Waals surface area contributed by atoms with Gasteiger partial charge in [-0.25, -0.2) is 0 Å². The van der Waals surface area contributed by atoms with Crippen molar-refractivity contribution in [3.05, 3.63) is 33.3 Å². The maximum absolute atomic E-state index is 7.50. The van der Waals surface area contributed by atoms with Crippen LogP contribution in [-0.4, -0.2) is 11.2 Å². The van der Waals surface area contributed by atoms with E-state index in [-0.39, 0.29) is 0 Å². The average Bonchev–Trinajstić information content (AvgIpc) is 2.50. The van der Waals surface area contributed by atoms with Crippen LogP contribution in [0.15, 0.2) is 0 Å². The van der Waals surface area contributed by atoms with Crippen molar-refractivity contribution in [3.8, 4) is 11.8 Å². The second-order valence-electron chi connectivity index (χ2n) is 1.10. The Labute approximate surface area is 114 Å². The Morgan fingerprint density at radius 1 is 0.944 bits per heavy atom. The Bertz CT molecular complexity index is 265. The van der Waals surface area contributed by atoms with E-state index in [0.29, 0.717) is 11.2 Å². The molecule has 94 valence electrons. The molecule has 0 spiro atoms. The van der Waals surface area contributed by atoms with Gasteiger partial charge < -0.3 is 0 Å². The molecule has 0 bridgehead atoms. The van der Waals surface area contributed by atoms with Gasteiger partial charge in [0, 0.05) is 0 Å². The minimum absolute atomic E-state index is 0.676. The van der Waals surface area contributed by atoms with Gasteiger partial charge in [0.1, 0.15) is 0 Å². The maximum atomic E-state index is 7.50. The molecule has 0 N–H and O–H groups in total. The molecule has 0 rings (SSSR count). The van der Waals surface area contributed by atoms with E-state index in [0.717, 1.165) is 0 Å². The monoisotopic (exact) mass is 288 g/mol. The SMILES string of the molecule is CC#C[C](=[Cr])OCC.[C-]#[O+].[C-]#[O+].[C-]#[O+].[C-]#[O+].[C-]#[O+]. The van der Waals surface area contributed by atoms with Gasteiger partial charge >= 0.3 is 114 Å². The normalized spacial score (nSPS) is 3.78. The van der Waals surface area contributed by atoms with E-state index in [1.165, 1.54) is 0 Å². The molecule has 0 saturated carbocycles. The first-order chi connectivity index (χ1) is 8.81. The first-order valence-corrected chi connectivity index (χ1v) is 4.06. The molecule has 0 aromatic heterocycles. The van der Waals surface area contributed by atoms with Gasteiger partial charge in [-0.15, -0.1) is 0 Å². The molecular formula is C11H8CrO6. The van der Waals surface area contributed by atoms with Crippen LogP contribution in [0.2, 0.25) is 0 Å². The van der Waals surface area contributed by atoms with Gasteiger partial charge in [-0.1, -0.05) is 0 Å². The molecule has 7 heteroatoms. The average molecular weight is 288 g/mol. The summed E-state index contributed by atoms with van der Waals surface area (Å²) in [7, 11) is 0. The summed E-state index contributed by atoms with van der Waals surface area (Å²) in [5.41, 5.74) is 0. The van der Waals surface area contributed by atoms with Crippen LogP contribution in [0.1, 0.15) is 13.8 Å². The second kappa shape index (κ2) is 106. The van der Waals surface area contributed by atoms with E-state index in [9.17, 15) is 0 Å². The van der Waals surface area contributed by atoms with Crippen LogP contribution < -0.4 is 0 Å². The molecule has 0 aliphatic heterocycles. The number of rotatable bonds is 2. The van der Waals surface area contributed by atoms with Gasteiger partial charge in [0.15, 0.2) is 0 Å². The van der Waals surface area contributed by atoms with Gasteiger partial charge in [-0.05, 0) is 0 Å². The van der Waals surface area contributed by atoms with E-state index in [1.54, 1.807) is 6.92 Å². The molecule has 0 aliphatic carbocycles. The van der Waals surface area contributed by atoms with Gasteiger partial charge in [0.25, 0.3) is 0 Å². The molecule has 0 saturated heterocycles. The van der Waals surface area contributed by atoms with Crippen molar-refractivity contribution in [1.29, 1.82) is 0 Å². The fourth-order valence-electron chi connectivity index (χ4n) is 0.269. The third-order valence-corrected chi connectivity index (χ3v) is 0.846. The van der Waals surface area contributed by atoms with Crippen LogP contribution in [-0.2, 0) is 43.8 Å². The molecule has 0 fully saturated rings. The van der Waals surface area contributed by atoms with Gasteiger partial charge in [0.05, 0.1) is 0 Å². The fourth-order valence-corrected chi connectivity index (χ4v) is 0.613. The van der Waals surface area contributed by atoms with Crippen molar-refractivity contribution in [2.24, 2.45) is 0 Å². The fraction of sp³-hybridized carbons (Fsp3) is 0.273. The van der Waals surface area contributed by atoms with E-state index < -0.39 is 0 Å². The zero-order valence-corrected chi connectivity index (χ0v) is 10.8. The summed E-state index contributed by atoms with van der Waals surface area (Å²) in [4.78, 5) is 0. The zero-order valence-electron chi connectivity index (χ0n) is 9.56. The van der Waals surface area contributed by atoms with Crippen molar-refractivity contribution < 1.29 is 43.8 Å². The Morgan fingerprint density at radius 2 is 1.22 bits per heavy atom. The Kier molecular flexibility index (Phi) is 211. The van der Waals surface area contributed by atoms with Crippen LogP contribution in [0.4, 0.5) is 0 Å². The van der Waals surface area contributed by atoms with E-state index >= 15 is 0 Å². The summed E-state index contributed by atoms with van der Waals surface area (Å²) < 4.78 is 43.1. The molecule has 0 heterocycles. The summed E-state index contributed by atoms with van der Waals surface area (Å²) in [5.74, 6) is 5.44. The van der Waals surface area contributed by atoms with Crippen LogP contribution in [0.3, 0.4) is 0 Å². The molecule has 0 aliphatic rings. The predicted molar refractivity (Wildman–Crippen MR) is 49.7 cm³/mol. The standard InChI is InChI=1S/C6H8O.5CO.Cr/c1-3-5-6-7-4-2;5*1-2;/h4H2,1-2H3;;;;;;. The van der Waals surface area contributed by atoms with Gasteiger partial charge in [0.2, 0.25) is 0 Å². The van der Waals surface area contributed by atoms with E-state index in [1.807, 2.05) is 6.92 Å². The van der Waals surface area contributed by atoms with Gasteiger partial charge in [-0.3, -0.25) is 0 Å². The molecule has 0 radical (unpaired) electrons. The summed E-state index contributed by atoms with van der Waals surface area (Å²) in [6.07, 6.45) is 0. The predicted octanol–water partition coefficient (Wildman–Crippen LogP) is 0.535. The molecular weight excluding hydrogens is 280 g/mol. The molecule has 6 nitrogen and oxygen atoms in total. The molecule has 0 unspecified atom stereocenters. The van der Waals surface area contributed by atoms with Crippen molar-refractivity contribution in [2.75, 3.05) is 6.61 Å². The van der Waals surface area contributed by atoms with Crippen LogP contribution in [0.5, 0.6) is 0 Å². The zero-order chi connectivity index (χ0) is 16.4. The van der Waals surface area contributed by atoms with Crippen LogP contribution in [0.25, 0.3) is 0 Å². The Balaban J connectivity index is -0.0000000304. The third kappa shape index (κ3) is 127. The third-order valence-electron chi connectivity index (χ3n) is 0.502. The van der Waals surface area contributed by atoms with Crippen molar-refractivity contribution in [1.82, 2.24) is 0 Å².